The standard InChI is InChI=1S/C17H24N2O4/c1-11(2)18-9-13(20)10-23-15-6-4-5-14-17(15)12(8-19-14)7-16(21)22-3/h4-6,8,11,13,18-20H,7,9-10H2,1-3H3. The molecule has 126 valence electrons. The lowest BCUT2D eigenvalue weighted by Gasteiger charge is -2.15. The van der Waals surface area contributed by atoms with Crippen molar-refractivity contribution in [2.24, 2.45) is 0 Å². The summed E-state index contributed by atoms with van der Waals surface area (Å²) in [6, 6.07) is 5.93. The largest absolute Gasteiger partial charge is 0.490 e. The first kappa shape index (κ1) is 17.3. The number of aromatic amines is 1. The smallest absolute Gasteiger partial charge is 0.310 e. The van der Waals surface area contributed by atoms with Crippen molar-refractivity contribution in [1.82, 2.24) is 10.3 Å². The molecule has 0 aliphatic carbocycles. The number of benzene rings is 1. The molecule has 23 heavy (non-hydrogen) atoms. The molecule has 0 saturated heterocycles. The van der Waals surface area contributed by atoms with Gasteiger partial charge in [-0.2, -0.15) is 0 Å². The Balaban J connectivity index is 2.10. The summed E-state index contributed by atoms with van der Waals surface area (Å²) >= 11 is 0. The van der Waals surface area contributed by atoms with Crippen LogP contribution in [0, 0.1) is 0 Å². The number of rotatable bonds is 8. The number of aromatic nitrogens is 1. The van der Waals surface area contributed by atoms with Crippen LogP contribution in [-0.2, 0) is 16.0 Å². The number of nitrogens with one attached hydrogen (secondary N) is 2. The molecule has 1 atom stereocenters. The van der Waals surface area contributed by atoms with Gasteiger partial charge in [-0.05, 0) is 17.7 Å². The summed E-state index contributed by atoms with van der Waals surface area (Å²) in [7, 11) is 1.37. The van der Waals surface area contributed by atoms with Crippen LogP contribution in [0.15, 0.2) is 24.4 Å². The molecule has 1 unspecified atom stereocenters. The van der Waals surface area contributed by atoms with Gasteiger partial charge >= 0.3 is 5.97 Å². The topological polar surface area (TPSA) is 83.6 Å². The molecule has 0 fully saturated rings. The average Bonchev–Trinajstić information content (AvgIpc) is 2.94. The summed E-state index contributed by atoms with van der Waals surface area (Å²) in [4.78, 5) is 14.6. The molecule has 1 heterocycles. The number of ether oxygens (including phenoxy) is 2. The quantitative estimate of drug-likeness (QED) is 0.644. The van der Waals surface area contributed by atoms with Crippen molar-refractivity contribution in [3.05, 3.63) is 30.0 Å². The van der Waals surface area contributed by atoms with Gasteiger partial charge < -0.3 is 24.9 Å². The fourth-order valence-electron chi connectivity index (χ4n) is 2.32. The predicted octanol–water partition coefficient (Wildman–Crippen LogP) is 1.62. The molecule has 1 aromatic heterocycles. The number of hydrogen-bond donors (Lipinski definition) is 3. The average molecular weight is 320 g/mol. The van der Waals surface area contributed by atoms with Crippen molar-refractivity contribution in [2.45, 2.75) is 32.4 Å². The van der Waals surface area contributed by atoms with Gasteiger partial charge in [-0.15, -0.1) is 0 Å². The van der Waals surface area contributed by atoms with Crippen LogP contribution in [0.2, 0.25) is 0 Å². The van der Waals surface area contributed by atoms with Gasteiger partial charge in [0.05, 0.1) is 13.5 Å². The minimum Gasteiger partial charge on any atom is -0.490 e. The first-order chi connectivity index (χ1) is 11.0. The van der Waals surface area contributed by atoms with Crippen molar-refractivity contribution in [1.29, 1.82) is 0 Å². The zero-order valence-electron chi connectivity index (χ0n) is 13.8. The van der Waals surface area contributed by atoms with E-state index in [4.69, 9.17) is 9.47 Å². The van der Waals surface area contributed by atoms with E-state index in [1.165, 1.54) is 7.11 Å². The zero-order valence-corrected chi connectivity index (χ0v) is 13.8. The number of aliphatic hydroxyl groups excluding tert-OH is 1. The van der Waals surface area contributed by atoms with Crippen molar-refractivity contribution in [2.75, 3.05) is 20.3 Å². The molecular formula is C17H24N2O4. The fourth-order valence-corrected chi connectivity index (χ4v) is 2.32. The third kappa shape index (κ3) is 4.71. The monoisotopic (exact) mass is 320 g/mol. The Morgan fingerprint density at radius 2 is 2.17 bits per heavy atom. The molecule has 0 aliphatic rings. The van der Waals surface area contributed by atoms with Crippen molar-refractivity contribution < 1.29 is 19.4 Å². The maximum absolute atomic E-state index is 11.5. The normalized spacial score (nSPS) is 12.6. The summed E-state index contributed by atoms with van der Waals surface area (Å²) in [6.45, 7) is 4.69. The second-order valence-corrected chi connectivity index (χ2v) is 5.77. The molecule has 0 aliphatic heterocycles. The summed E-state index contributed by atoms with van der Waals surface area (Å²) in [5, 5.41) is 14.0. The van der Waals surface area contributed by atoms with E-state index in [1.807, 2.05) is 32.0 Å². The second kappa shape index (κ2) is 7.99. The highest BCUT2D eigenvalue weighted by Gasteiger charge is 2.14. The predicted molar refractivity (Wildman–Crippen MR) is 88.7 cm³/mol. The molecule has 3 N–H and O–H groups in total. The number of fused-ring (bicyclic) bond motifs is 1. The van der Waals surface area contributed by atoms with E-state index in [-0.39, 0.29) is 19.0 Å². The third-order valence-corrected chi connectivity index (χ3v) is 3.50. The number of hydrogen-bond acceptors (Lipinski definition) is 5. The van der Waals surface area contributed by atoms with Crippen LogP contribution in [0.5, 0.6) is 5.75 Å². The summed E-state index contributed by atoms with van der Waals surface area (Å²) in [5.74, 6) is 0.341. The molecule has 0 radical (unpaired) electrons. The number of methoxy groups -OCH3 is 1. The lowest BCUT2D eigenvalue weighted by Crippen LogP contribution is -2.35. The van der Waals surface area contributed by atoms with Crippen LogP contribution >= 0.6 is 0 Å². The highest BCUT2D eigenvalue weighted by atomic mass is 16.5. The van der Waals surface area contributed by atoms with Crippen LogP contribution in [0.1, 0.15) is 19.4 Å². The van der Waals surface area contributed by atoms with Gasteiger partial charge in [0.1, 0.15) is 18.5 Å². The first-order valence-electron chi connectivity index (χ1n) is 7.71. The third-order valence-electron chi connectivity index (χ3n) is 3.50. The van der Waals surface area contributed by atoms with Gasteiger partial charge in [-0.3, -0.25) is 4.79 Å². The van der Waals surface area contributed by atoms with Gasteiger partial charge in [0.2, 0.25) is 0 Å². The summed E-state index contributed by atoms with van der Waals surface area (Å²) in [6.07, 6.45) is 1.36. The van der Waals surface area contributed by atoms with Crippen molar-refractivity contribution in [3.8, 4) is 5.75 Å². The van der Waals surface area contributed by atoms with Crippen LogP contribution < -0.4 is 10.1 Å². The Morgan fingerprint density at radius 3 is 2.87 bits per heavy atom. The molecule has 6 heteroatoms. The van der Waals surface area contributed by atoms with E-state index in [2.05, 4.69) is 10.3 Å². The number of carbonyl (C=O) groups excluding carboxylic acids is 1. The van der Waals surface area contributed by atoms with Crippen LogP contribution in [-0.4, -0.2) is 48.5 Å². The molecule has 2 rings (SSSR count). The summed E-state index contributed by atoms with van der Waals surface area (Å²) < 4.78 is 10.5. The number of esters is 1. The van der Waals surface area contributed by atoms with E-state index < -0.39 is 6.10 Å². The fraction of sp³-hybridized carbons (Fsp3) is 0.471. The second-order valence-electron chi connectivity index (χ2n) is 5.77. The van der Waals surface area contributed by atoms with E-state index in [0.717, 1.165) is 16.5 Å². The minimum atomic E-state index is -0.601. The first-order valence-corrected chi connectivity index (χ1v) is 7.71. The number of H-pyrrole nitrogens is 1. The molecule has 6 nitrogen and oxygen atoms in total. The van der Waals surface area contributed by atoms with Gasteiger partial charge in [0.15, 0.2) is 0 Å². The summed E-state index contributed by atoms with van der Waals surface area (Å²) in [5.41, 5.74) is 1.70. The maximum Gasteiger partial charge on any atom is 0.310 e. The Bertz CT molecular complexity index is 651. The Hall–Kier alpha value is -2.05. The van der Waals surface area contributed by atoms with Gasteiger partial charge in [-0.1, -0.05) is 19.9 Å². The van der Waals surface area contributed by atoms with Crippen molar-refractivity contribution >= 4 is 16.9 Å². The van der Waals surface area contributed by atoms with E-state index in [0.29, 0.717) is 18.3 Å². The minimum absolute atomic E-state index is 0.175. The van der Waals surface area contributed by atoms with Crippen LogP contribution in [0.4, 0.5) is 0 Å². The van der Waals surface area contributed by atoms with E-state index >= 15 is 0 Å². The molecule has 2 aromatic rings. The molecule has 0 saturated carbocycles. The zero-order chi connectivity index (χ0) is 16.8. The van der Waals surface area contributed by atoms with Gasteiger partial charge in [0, 0.05) is 29.7 Å². The van der Waals surface area contributed by atoms with Crippen LogP contribution in [0.25, 0.3) is 10.9 Å². The molecule has 0 bridgehead atoms. The maximum atomic E-state index is 11.5. The SMILES string of the molecule is COC(=O)Cc1c[nH]c2cccc(OCC(O)CNC(C)C)c12. The lowest BCUT2D eigenvalue weighted by molar-refractivity contribution is -0.139. The molecule has 1 aromatic carbocycles. The molecule has 0 amide bonds. The van der Waals surface area contributed by atoms with Crippen molar-refractivity contribution in [3.63, 3.8) is 0 Å². The van der Waals surface area contributed by atoms with Gasteiger partial charge in [-0.25, -0.2) is 0 Å². The number of carbonyl (C=O) groups is 1. The molecular weight excluding hydrogens is 296 g/mol. The Kier molecular flexibility index (Phi) is 6.01. The Morgan fingerprint density at radius 1 is 1.39 bits per heavy atom. The molecule has 0 spiro atoms. The van der Waals surface area contributed by atoms with Gasteiger partial charge in [0.25, 0.3) is 0 Å². The highest BCUT2D eigenvalue weighted by molar-refractivity contribution is 5.92. The number of aliphatic hydroxyl groups is 1. The highest BCUT2D eigenvalue weighted by Crippen LogP contribution is 2.29. The van der Waals surface area contributed by atoms with Crippen LogP contribution in [0.3, 0.4) is 0 Å². The van der Waals surface area contributed by atoms with E-state index in [9.17, 15) is 9.90 Å². The van der Waals surface area contributed by atoms with E-state index in [1.54, 1.807) is 6.20 Å². The lowest BCUT2D eigenvalue weighted by atomic mass is 10.1. The Labute approximate surface area is 135 Å².